The Balaban J connectivity index is 2.39. The predicted molar refractivity (Wildman–Crippen MR) is 74.6 cm³/mol. The van der Waals surface area contributed by atoms with Gasteiger partial charge in [0.2, 0.25) is 5.91 Å². The van der Waals surface area contributed by atoms with Crippen LogP contribution in [0.1, 0.15) is 59.8 Å². The van der Waals surface area contributed by atoms with Crippen molar-refractivity contribution < 1.29 is 14.3 Å². The van der Waals surface area contributed by atoms with Crippen LogP contribution in [0.2, 0.25) is 0 Å². The fourth-order valence-electron chi connectivity index (χ4n) is 2.01. The van der Waals surface area contributed by atoms with E-state index in [4.69, 9.17) is 4.74 Å². The zero-order valence-electron chi connectivity index (χ0n) is 12.4. The van der Waals surface area contributed by atoms with E-state index in [0.29, 0.717) is 6.42 Å². The Morgan fingerprint density at radius 3 is 2.58 bits per heavy atom. The number of hydrogen-bond acceptors (Lipinski definition) is 3. The molecule has 1 rings (SSSR count). The quantitative estimate of drug-likeness (QED) is 0.629. The molecule has 0 unspecified atom stereocenters. The largest absolute Gasteiger partial charge is 0.458 e. The Kier molecular flexibility index (Phi) is 5.58. The second kappa shape index (κ2) is 6.73. The molecule has 0 fully saturated rings. The molecule has 1 amide bonds. The highest BCUT2D eigenvalue weighted by Crippen LogP contribution is 2.19. The van der Waals surface area contributed by atoms with Crippen molar-refractivity contribution in [1.82, 2.24) is 5.32 Å². The molecule has 1 N–H and O–H groups in total. The van der Waals surface area contributed by atoms with Gasteiger partial charge in [0.15, 0.2) is 0 Å². The molecule has 1 aliphatic rings. The van der Waals surface area contributed by atoms with E-state index < -0.39 is 17.6 Å². The first-order chi connectivity index (χ1) is 8.78. The van der Waals surface area contributed by atoms with Gasteiger partial charge in [-0.15, -0.1) is 0 Å². The van der Waals surface area contributed by atoms with Gasteiger partial charge in [0.25, 0.3) is 0 Å². The minimum absolute atomic E-state index is 0.105. The number of nitrogens with one attached hydrogen (secondary N) is 1. The predicted octanol–water partition coefficient (Wildman–Crippen LogP) is 2.72. The van der Waals surface area contributed by atoms with E-state index in [1.54, 1.807) is 6.92 Å². The summed E-state index contributed by atoms with van der Waals surface area (Å²) in [4.78, 5) is 23.6. The first kappa shape index (κ1) is 15.7. The van der Waals surface area contributed by atoms with Crippen molar-refractivity contribution in [3.63, 3.8) is 0 Å². The number of hydrogen-bond donors (Lipinski definition) is 1. The van der Waals surface area contributed by atoms with Crippen molar-refractivity contribution in [2.45, 2.75) is 71.4 Å². The average molecular weight is 267 g/mol. The molecular formula is C15H25NO3. The van der Waals surface area contributed by atoms with E-state index >= 15 is 0 Å². The van der Waals surface area contributed by atoms with Crippen LogP contribution in [0.25, 0.3) is 0 Å². The Morgan fingerprint density at radius 1 is 1.37 bits per heavy atom. The van der Waals surface area contributed by atoms with E-state index in [1.807, 2.05) is 20.8 Å². The van der Waals surface area contributed by atoms with Gasteiger partial charge in [-0.25, -0.2) is 4.79 Å². The minimum Gasteiger partial charge on any atom is -0.458 e. The molecule has 1 aliphatic carbocycles. The summed E-state index contributed by atoms with van der Waals surface area (Å²) in [5.41, 5.74) is 0.655. The highest BCUT2D eigenvalue weighted by molar-refractivity contribution is 5.85. The van der Waals surface area contributed by atoms with Crippen LogP contribution >= 0.6 is 0 Å². The third kappa shape index (κ3) is 6.41. The van der Waals surface area contributed by atoms with Crippen LogP contribution in [-0.2, 0) is 14.3 Å². The molecule has 0 aromatic heterocycles. The summed E-state index contributed by atoms with van der Waals surface area (Å²) in [7, 11) is 0. The topological polar surface area (TPSA) is 55.4 Å². The van der Waals surface area contributed by atoms with Crippen LogP contribution in [-0.4, -0.2) is 23.5 Å². The Hall–Kier alpha value is -1.32. The summed E-state index contributed by atoms with van der Waals surface area (Å²) >= 11 is 0. The molecule has 0 bridgehead atoms. The number of ether oxygens (including phenoxy) is 1. The van der Waals surface area contributed by atoms with Crippen LogP contribution in [0.5, 0.6) is 0 Å². The highest BCUT2D eigenvalue weighted by atomic mass is 16.6. The third-order valence-corrected chi connectivity index (χ3v) is 2.91. The molecule has 19 heavy (non-hydrogen) atoms. The van der Waals surface area contributed by atoms with Gasteiger partial charge < -0.3 is 10.1 Å². The lowest BCUT2D eigenvalue weighted by molar-refractivity contribution is -0.158. The number of carbonyl (C=O) groups is 2. The van der Waals surface area contributed by atoms with Crippen LogP contribution in [0.3, 0.4) is 0 Å². The smallest absolute Gasteiger partial charge is 0.328 e. The number of esters is 1. The summed E-state index contributed by atoms with van der Waals surface area (Å²) in [5.74, 6) is -0.495. The standard InChI is InChI=1S/C15H25NO3/c1-11(14(18)19-15(2,3)4)16-13(17)10-12-8-6-5-7-9-12/h8,11H,5-7,9-10H2,1-4H3,(H,16,17)/t11-/m1/s1. The summed E-state index contributed by atoms with van der Waals surface area (Å²) in [6.07, 6.45) is 6.95. The van der Waals surface area contributed by atoms with Crippen molar-refractivity contribution in [2.75, 3.05) is 0 Å². The van der Waals surface area contributed by atoms with E-state index in [9.17, 15) is 9.59 Å². The molecule has 0 spiro atoms. The molecule has 4 nitrogen and oxygen atoms in total. The van der Waals surface area contributed by atoms with Crippen molar-refractivity contribution in [2.24, 2.45) is 0 Å². The van der Waals surface area contributed by atoms with E-state index in [0.717, 1.165) is 19.3 Å². The molecule has 1 atom stereocenters. The summed E-state index contributed by atoms with van der Waals surface area (Å²) in [6.45, 7) is 7.09. The molecule has 0 aromatic carbocycles. The summed E-state index contributed by atoms with van der Waals surface area (Å²) < 4.78 is 5.22. The number of carbonyl (C=O) groups excluding carboxylic acids is 2. The monoisotopic (exact) mass is 267 g/mol. The summed E-state index contributed by atoms with van der Waals surface area (Å²) in [5, 5.41) is 2.70. The second-order valence-corrected chi connectivity index (χ2v) is 6.11. The average Bonchev–Trinajstić information content (AvgIpc) is 2.27. The van der Waals surface area contributed by atoms with Gasteiger partial charge in [-0.2, -0.15) is 0 Å². The van der Waals surface area contributed by atoms with E-state index in [2.05, 4.69) is 11.4 Å². The van der Waals surface area contributed by atoms with Crippen molar-refractivity contribution in [3.05, 3.63) is 11.6 Å². The van der Waals surface area contributed by atoms with Crippen LogP contribution < -0.4 is 5.32 Å². The molecule has 0 heterocycles. The normalized spacial score (nSPS) is 17.4. The van der Waals surface area contributed by atoms with Gasteiger partial charge in [0.1, 0.15) is 11.6 Å². The van der Waals surface area contributed by atoms with Gasteiger partial charge in [-0.05, 0) is 53.4 Å². The number of rotatable bonds is 4. The zero-order valence-corrected chi connectivity index (χ0v) is 12.4. The molecule has 0 aliphatic heterocycles. The van der Waals surface area contributed by atoms with Crippen molar-refractivity contribution >= 4 is 11.9 Å². The first-order valence-corrected chi connectivity index (χ1v) is 6.98. The van der Waals surface area contributed by atoms with Crippen molar-refractivity contribution in [3.8, 4) is 0 Å². The van der Waals surface area contributed by atoms with Crippen LogP contribution in [0, 0.1) is 0 Å². The molecule has 108 valence electrons. The summed E-state index contributed by atoms with van der Waals surface area (Å²) in [6, 6.07) is -0.601. The minimum atomic E-state index is -0.601. The third-order valence-electron chi connectivity index (χ3n) is 2.91. The van der Waals surface area contributed by atoms with E-state index in [1.165, 1.54) is 12.0 Å². The number of allylic oxidation sites excluding steroid dienone is 1. The Bertz CT molecular complexity index is 366. The van der Waals surface area contributed by atoms with E-state index in [-0.39, 0.29) is 5.91 Å². The van der Waals surface area contributed by atoms with Crippen LogP contribution in [0.4, 0.5) is 0 Å². The van der Waals surface area contributed by atoms with Gasteiger partial charge >= 0.3 is 5.97 Å². The molecule has 0 saturated carbocycles. The highest BCUT2D eigenvalue weighted by Gasteiger charge is 2.23. The zero-order chi connectivity index (χ0) is 14.5. The Morgan fingerprint density at radius 2 is 2.05 bits per heavy atom. The van der Waals surface area contributed by atoms with Gasteiger partial charge in [0.05, 0.1) is 0 Å². The van der Waals surface area contributed by atoms with Gasteiger partial charge in [-0.1, -0.05) is 11.6 Å². The molecule has 4 heteroatoms. The maximum atomic E-state index is 11.8. The fourth-order valence-corrected chi connectivity index (χ4v) is 2.01. The van der Waals surface area contributed by atoms with Gasteiger partial charge in [0, 0.05) is 6.42 Å². The maximum absolute atomic E-state index is 11.8. The van der Waals surface area contributed by atoms with Crippen LogP contribution in [0.15, 0.2) is 11.6 Å². The van der Waals surface area contributed by atoms with Gasteiger partial charge in [-0.3, -0.25) is 4.79 Å². The fraction of sp³-hybridized carbons (Fsp3) is 0.733. The lowest BCUT2D eigenvalue weighted by atomic mass is 9.97. The molecule has 0 radical (unpaired) electrons. The maximum Gasteiger partial charge on any atom is 0.328 e. The molecule has 0 saturated heterocycles. The second-order valence-electron chi connectivity index (χ2n) is 6.11. The van der Waals surface area contributed by atoms with Crippen molar-refractivity contribution in [1.29, 1.82) is 0 Å². The molecular weight excluding hydrogens is 242 g/mol. The molecule has 0 aromatic rings. The SMILES string of the molecule is C[C@@H](NC(=O)CC1=CCCCC1)C(=O)OC(C)(C)C. The first-order valence-electron chi connectivity index (χ1n) is 6.98. The lowest BCUT2D eigenvalue weighted by Crippen LogP contribution is -2.42. The lowest BCUT2D eigenvalue weighted by Gasteiger charge is -2.23. The number of amides is 1. The Labute approximate surface area is 115 Å².